The number of nitrogens with two attached hydrogens (primary N) is 1. The molecule has 0 spiro atoms. The first-order chi connectivity index (χ1) is 8.60. The zero-order chi connectivity index (χ0) is 13.7. The Morgan fingerprint density at radius 3 is 2.05 bits per heavy atom. The first kappa shape index (κ1) is 17.9. The second-order valence-electron chi connectivity index (χ2n) is 4.33. The van der Waals surface area contributed by atoms with E-state index in [1.807, 2.05) is 12.1 Å². The molecule has 0 heterocycles. The fourth-order valence-corrected chi connectivity index (χ4v) is 1.95. The fourth-order valence-electron chi connectivity index (χ4n) is 1.95. The molecule has 0 saturated carbocycles. The van der Waals surface area contributed by atoms with Crippen molar-refractivity contribution in [1.29, 1.82) is 0 Å². The molecule has 1 aromatic carbocycles. The van der Waals surface area contributed by atoms with Crippen LogP contribution in [0.1, 0.15) is 31.9 Å². The number of methoxy groups -OCH3 is 3. The predicted molar refractivity (Wildman–Crippen MR) is 79.7 cm³/mol. The third-order valence-electron chi connectivity index (χ3n) is 3.35. The summed E-state index contributed by atoms with van der Waals surface area (Å²) in [6, 6.07) is 3.72. The Morgan fingerprint density at radius 2 is 1.63 bits per heavy atom. The first-order valence-electron chi connectivity index (χ1n) is 6.15. The summed E-state index contributed by atoms with van der Waals surface area (Å²) in [7, 11) is 4.81. The lowest BCUT2D eigenvalue weighted by molar-refractivity contribution is 0.317. The zero-order valence-electron chi connectivity index (χ0n) is 12.2. The number of hydrogen-bond donors (Lipinski definition) is 1. The highest BCUT2D eigenvalue weighted by molar-refractivity contribution is 5.85. The molecule has 0 aliphatic carbocycles. The molecular formula is C14H24ClNO3. The number of rotatable bonds is 6. The largest absolute Gasteiger partial charge is 0.493 e. The van der Waals surface area contributed by atoms with Crippen molar-refractivity contribution >= 4 is 12.4 Å². The van der Waals surface area contributed by atoms with Crippen molar-refractivity contribution in [3.63, 3.8) is 0 Å². The predicted octanol–water partition coefficient (Wildman–Crippen LogP) is 3.18. The minimum Gasteiger partial charge on any atom is -0.493 e. The van der Waals surface area contributed by atoms with Gasteiger partial charge in [-0.25, -0.2) is 0 Å². The Bertz CT molecular complexity index is 399. The van der Waals surface area contributed by atoms with E-state index in [0.29, 0.717) is 23.2 Å². The topological polar surface area (TPSA) is 53.7 Å². The highest BCUT2D eigenvalue weighted by Crippen LogP contribution is 2.43. The summed E-state index contributed by atoms with van der Waals surface area (Å²) in [6.45, 7) is 4.25. The molecule has 2 atom stereocenters. The quantitative estimate of drug-likeness (QED) is 0.874. The van der Waals surface area contributed by atoms with Gasteiger partial charge >= 0.3 is 0 Å². The molecule has 1 unspecified atom stereocenters. The Balaban J connectivity index is 0.00000324. The van der Waals surface area contributed by atoms with Crippen molar-refractivity contribution in [2.24, 2.45) is 11.7 Å². The molecule has 4 nitrogen and oxygen atoms in total. The van der Waals surface area contributed by atoms with Crippen LogP contribution in [-0.2, 0) is 0 Å². The fraction of sp³-hybridized carbons (Fsp3) is 0.571. The van der Waals surface area contributed by atoms with Crippen LogP contribution in [0, 0.1) is 5.92 Å². The van der Waals surface area contributed by atoms with Gasteiger partial charge in [0.1, 0.15) is 0 Å². The molecule has 0 aliphatic rings. The molecule has 1 aromatic rings. The maximum Gasteiger partial charge on any atom is 0.203 e. The molecule has 0 radical (unpaired) electrons. The van der Waals surface area contributed by atoms with Crippen molar-refractivity contribution in [3.8, 4) is 17.2 Å². The highest BCUT2D eigenvalue weighted by Gasteiger charge is 2.22. The van der Waals surface area contributed by atoms with E-state index < -0.39 is 0 Å². The Kier molecular flexibility index (Phi) is 7.64. The van der Waals surface area contributed by atoms with Crippen molar-refractivity contribution < 1.29 is 14.2 Å². The summed E-state index contributed by atoms with van der Waals surface area (Å²) in [5, 5.41) is 0. The lowest BCUT2D eigenvalue weighted by Gasteiger charge is -2.23. The maximum atomic E-state index is 6.26. The van der Waals surface area contributed by atoms with Gasteiger partial charge < -0.3 is 19.9 Å². The van der Waals surface area contributed by atoms with Crippen LogP contribution in [0.5, 0.6) is 17.2 Å². The molecule has 110 valence electrons. The molecule has 0 aromatic heterocycles. The average molecular weight is 290 g/mol. The van der Waals surface area contributed by atoms with Crippen LogP contribution in [0.2, 0.25) is 0 Å². The summed E-state index contributed by atoms with van der Waals surface area (Å²) in [4.78, 5) is 0. The summed E-state index contributed by atoms with van der Waals surface area (Å²) >= 11 is 0. The van der Waals surface area contributed by atoms with Crippen LogP contribution in [0.3, 0.4) is 0 Å². The van der Waals surface area contributed by atoms with E-state index in [1.54, 1.807) is 21.3 Å². The molecule has 0 fully saturated rings. The summed E-state index contributed by atoms with van der Waals surface area (Å²) in [5.41, 5.74) is 7.21. The summed E-state index contributed by atoms with van der Waals surface area (Å²) in [6.07, 6.45) is 1.01. The van der Waals surface area contributed by atoms with Gasteiger partial charge in [0.2, 0.25) is 5.75 Å². The van der Waals surface area contributed by atoms with Crippen molar-refractivity contribution in [3.05, 3.63) is 17.7 Å². The van der Waals surface area contributed by atoms with Crippen molar-refractivity contribution in [1.82, 2.24) is 0 Å². The van der Waals surface area contributed by atoms with Gasteiger partial charge in [-0.05, 0) is 18.1 Å². The van der Waals surface area contributed by atoms with Crippen LogP contribution in [0.25, 0.3) is 0 Å². The van der Waals surface area contributed by atoms with E-state index in [1.165, 1.54) is 0 Å². The van der Waals surface area contributed by atoms with Gasteiger partial charge in [0, 0.05) is 11.6 Å². The minimum atomic E-state index is -0.0789. The Hall–Kier alpha value is -1.13. The van der Waals surface area contributed by atoms with Gasteiger partial charge in [0.15, 0.2) is 11.5 Å². The van der Waals surface area contributed by atoms with Gasteiger partial charge in [-0.1, -0.05) is 20.3 Å². The second-order valence-corrected chi connectivity index (χ2v) is 4.33. The Morgan fingerprint density at radius 1 is 1.05 bits per heavy atom. The van der Waals surface area contributed by atoms with E-state index >= 15 is 0 Å². The molecule has 0 saturated heterocycles. The van der Waals surface area contributed by atoms with Crippen LogP contribution in [0.4, 0.5) is 0 Å². The highest BCUT2D eigenvalue weighted by atomic mass is 35.5. The molecule has 2 N–H and O–H groups in total. The normalized spacial score (nSPS) is 13.2. The number of halogens is 1. The van der Waals surface area contributed by atoms with Crippen LogP contribution < -0.4 is 19.9 Å². The van der Waals surface area contributed by atoms with Crippen LogP contribution in [-0.4, -0.2) is 21.3 Å². The third-order valence-corrected chi connectivity index (χ3v) is 3.35. The second kappa shape index (κ2) is 8.12. The average Bonchev–Trinajstić information content (AvgIpc) is 2.43. The SMILES string of the molecule is CCC(C)[C@H](N)c1ccc(OC)c(OC)c1OC.Cl. The summed E-state index contributed by atoms with van der Waals surface area (Å²) < 4.78 is 16.1. The van der Waals surface area contributed by atoms with E-state index in [2.05, 4.69) is 13.8 Å². The third kappa shape index (κ3) is 3.67. The molecule has 0 amide bonds. The standard InChI is InChI=1S/C14H23NO3.ClH/c1-6-9(2)12(15)10-7-8-11(16-3)14(18-5)13(10)17-4;/h7-9,12H,6,15H2,1-5H3;1H/t9?,12-;/m0./s1. The van der Waals surface area contributed by atoms with Crippen LogP contribution in [0.15, 0.2) is 12.1 Å². The van der Waals surface area contributed by atoms with Crippen molar-refractivity contribution in [2.75, 3.05) is 21.3 Å². The van der Waals surface area contributed by atoms with Crippen molar-refractivity contribution in [2.45, 2.75) is 26.3 Å². The summed E-state index contributed by atoms with van der Waals surface area (Å²) in [5.74, 6) is 2.27. The molecule has 0 bridgehead atoms. The van der Waals surface area contributed by atoms with Crippen LogP contribution >= 0.6 is 12.4 Å². The number of benzene rings is 1. The van der Waals surface area contributed by atoms with E-state index in [9.17, 15) is 0 Å². The number of hydrogen-bond acceptors (Lipinski definition) is 4. The molecule has 1 rings (SSSR count). The van der Waals surface area contributed by atoms with Gasteiger partial charge in [-0.3, -0.25) is 0 Å². The van der Waals surface area contributed by atoms with E-state index in [4.69, 9.17) is 19.9 Å². The lowest BCUT2D eigenvalue weighted by atomic mass is 9.92. The Labute approximate surface area is 121 Å². The molecule has 19 heavy (non-hydrogen) atoms. The molecule has 5 heteroatoms. The van der Waals surface area contributed by atoms with Gasteiger partial charge in [-0.2, -0.15) is 0 Å². The zero-order valence-corrected chi connectivity index (χ0v) is 13.0. The van der Waals surface area contributed by atoms with E-state index in [0.717, 1.165) is 12.0 Å². The lowest BCUT2D eigenvalue weighted by Crippen LogP contribution is -2.19. The maximum absolute atomic E-state index is 6.26. The van der Waals surface area contributed by atoms with E-state index in [-0.39, 0.29) is 18.4 Å². The first-order valence-corrected chi connectivity index (χ1v) is 6.15. The van der Waals surface area contributed by atoms with Gasteiger partial charge in [0.05, 0.1) is 21.3 Å². The van der Waals surface area contributed by atoms with Gasteiger partial charge in [-0.15, -0.1) is 12.4 Å². The minimum absolute atomic E-state index is 0. The molecular weight excluding hydrogens is 266 g/mol. The smallest absolute Gasteiger partial charge is 0.203 e. The molecule has 0 aliphatic heterocycles. The van der Waals surface area contributed by atoms with Gasteiger partial charge in [0.25, 0.3) is 0 Å². The number of ether oxygens (including phenoxy) is 3. The monoisotopic (exact) mass is 289 g/mol.